The highest BCUT2D eigenvalue weighted by molar-refractivity contribution is 9.10. The summed E-state index contributed by atoms with van der Waals surface area (Å²) in [5.74, 6) is 0. The van der Waals surface area contributed by atoms with E-state index in [9.17, 15) is 13.2 Å². The van der Waals surface area contributed by atoms with E-state index in [-0.39, 0.29) is 23.6 Å². The van der Waals surface area contributed by atoms with Gasteiger partial charge < -0.3 is 4.74 Å². The topological polar surface area (TPSA) is 66.9 Å². The standard InChI is InChI=1S/C19H18Br2N2O4S/c20-14-2-1-3-17(11-14)28(25,26)22-8-6-16(7-9-22)23-18-5-4-15(21)10-13(18)12-27-19(23)24/h1-5,10-11,16H,6-9,12H2. The van der Waals surface area contributed by atoms with Crippen molar-refractivity contribution in [1.82, 2.24) is 4.31 Å². The maximum Gasteiger partial charge on any atom is 0.414 e. The highest BCUT2D eigenvalue weighted by Crippen LogP contribution is 2.34. The van der Waals surface area contributed by atoms with Gasteiger partial charge in [-0.15, -0.1) is 0 Å². The Morgan fingerprint density at radius 2 is 1.71 bits per heavy atom. The third-order valence-electron chi connectivity index (χ3n) is 5.07. The Morgan fingerprint density at radius 3 is 2.43 bits per heavy atom. The van der Waals surface area contributed by atoms with Crippen LogP contribution < -0.4 is 4.90 Å². The number of fused-ring (bicyclic) bond motifs is 1. The molecule has 0 aromatic heterocycles. The number of hydrogen-bond donors (Lipinski definition) is 0. The molecule has 2 aliphatic heterocycles. The van der Waals surface area contributed by atoms with Gasteiger partial charge in [-0.3, -0.25) is 4.90 Å². The Balaban J connectivity index is 1.53. The molecule has 9 heteroatoms. The summed E-state index contributed by atoms with van der Waals surface area (Å²) in [6, 6.07) is 12.4. The minimum atomic E-state index is -3.56. The van der Waals surface area contributed by atoms with Gasteiger partial charge in [-0.25, -0.2) is 13.2 Å². The molecule has 0 bridgehead atoms. The Labute approximate surface area is 180 Å². The smallest absolute Gasteiger partial charge is 0.414 e. The average molecular weight is 530 g/mol. The summed E-state index contributed by atoms with van der Waals surface area (Å²) in [5.41, 5.74) is 1.78. The minimum Gasteiger partial charge on any atom is -0.444 e. The Morgan fingerprint density at radius 1 is 1.00 bits per heavy atom. The molecule has 148 valence electrons. The molecule has 2 heterocycles. The first-order chi connectivity index (χ1) is 13.4. The van der Waals surface area contributed by atoms with Crippen molar-refractivity contribution in [1.29, 1.82) is 0 Å². The minimum absolute atomic E-state index is 0.0957. The van der Waals surface area contributed by atoms with E-state index < -0.39 is 10.0 Å². The SMILES string of the molecule is O=C1OCc2cc(Br)ccc2N1C1CCN(S(=O)(=O)c2cccc(Br)c2)CC1. The predicted molar refractivity (Wildman–Crippen MR) is 113 cm³/mol. The van der Waals surface area contributed by atoms with Crippen molar-refractivity contribution in [3.63, 3.8) is 0 Å². The van der Waals surface area contributed by atoms with Crippen molar-refractivity contribution in [2.45, 2.75) is 30.4 Å². The summed E-state index contributed by atoms with van der Waals surface area (Å²) >= 11 is 6.77. The second kappa shape index (κ2) is 7.78. The first kappa shape index (κ1) is 19.9. The van der Waals surface area contributed by atoms with Crippen molar-refractivity contribution in [2.24, 2.45) is 0 Å². The van der Waals surface area contributed by atoms with Crippen LogP contribution >= 0.6 is 31.9 Å². The van der Waals surface area contributed by atoms with Crippen LogP contribution in [0.25, 0.3) is 0 Å². The van der Waals surface area contributed by atoms with Gasteiger partial charge in [-0.1, -0.05) is 37.9 Å². The van der Waals surface area contributed by atoms with E-state index >= 15 is 0 Å². The number of amides is 1. The van der Waals surface area contributed by atoms with Gasteiger partial charge in [0.25, 0.3) is 0 Å². The van der Waals surface area contributed by atoms with Crippen LogP contribution in [0.4, 0.5) is 10.5 Å². The van der Waals surface area contributed by atoms with Crippen LogP contribution in [-0.4, -0.2) is 37.9 Å². The van der Waals surface area contributed by atoms with Crippen molar-refractivity contribution < 1.29 is 17.9 Å². The van der Waals surface area contributed by atoms with Gasteiger partial charge in [0.05, 0.1) is 10.6 Å². The molecule has 0 N–H and O–H groups in total. The van der Waals surface area contributed by atoms with E-state index in [1.165, 1.54) is 4.31 Å². The molecule has 0 atom stereocenters. The molecule has 0 unspecified atom stereocenters. The number of cyclic esters (lactones) is 1. The largest absolute Gasteiger partial charge is 0.444 e. The second-order valence-corrected chi connectivity index (χ2v) is 10.6. The van der Waals surface area contributed by atoms with Gasteiger partial charge in [0.1, 0.15) is 6.61 Å². The predicted octanol–water partition coefficient (Wildman–Crippen LogP) is 4.52. The zero-order valence-electron chi connectivity index (χ0n) is 14.8. The molecular weight excluding hydrogens is 512 g/mol. The maximum absolute atomic E-state index is 12.9. The average Bonchev–Trinajstić information content (AvgIpc) is 2.68. The Kier molecular flexibility index (Phi) is 5.52. The first-order valence-corrected chi connectivity index (χ1v) is 11.9. The lowest BCUT2D eigenvalue weighted by Crippen LogP contribution is -2.50. The van der Waals surface area contributed by atoms with Gasteiger partial charge in [0.15, 0.2) is 0 Å². The molecule has 1 fully saturated rings. The molecule has 4 rings (SSSR count). The molecule has 0 aliphatic carbocycles. The molecule has 1 amide bonds. The molecule has 28 heavy (non-hydrogen) atoms. The lowest BCUT2D eigenvalue weighted by Gasteiger charge is -2.39. The van der Waals surface area contributed by atoms with E-state index in [1.54, 1.807) is 29.2 Å². The molecule has 2 aromatic rings. The highest BCUT2D eigenvalue weighted by Gasteiger charge is 2.37. The monoisotopic (exact) mass is 528 g/mol. The third-order valence-corrected chi connectivity index (χ3v) is 7.95. The number of ether oxygens (including phenoxy) is 1. The first-order valence-electron chi connectivity index (χ1n) is 8.86. The third kappa shape index (κ3) is 3.72. The fourth-order valence-corrected chi connectivity index (χ4v) is 6.15. The Hall–Kier alpha value is -1.42. The lowest BCUT2D eigenvalue weighted by molar-refractivity contribution is 0.135. The number of carbonyl (C=O) groups is 1. The fourth-order valence-electron chi connectivity index (χ4n) is 3.68. The van der Waals surface area contributed by atoms with Crippen LogP contribution in [0.5, 0.6) is 0 Å². The number of hydrogen-bond acceptors (Lipinski definition) is 4. The molecule has 0 saturated carbocycles. The summed E-state index contributed by atoms with van der Waals surface area (Å²) < 4.78 is 34.3. The summed E-state index contributed by atoms with van der Waals surface area (Å²) in [6.45, 7) is 0.963. The molecule has 6 nitrogen and oxygen atoms in total. The number of carbonyl (C=O) groups excluding carboxylic acids is 1. The van der Waals surface area contributed by atoms with Gasteiger partial charge in [0.2, 0.25) is 10.0 Å². The number of piperidine rings is 1. The summed E-state index contributed by atoms with van der Waals surface area (Å²) in [6.07, 6.45) is 0.735. The summed E-state index contributed by atoms with van der Waals surface area (Å²) in [7, 11) is -3.56. The van der Waals surface area contributed by atoms with Crippen molar-refractivity contribution in [3.8, 4) is 0 Å². The molecule has 2 aromatic carbocycles. The highest BCUT2D eigenvalue weighted by atomic mass is 79.9. The number of halogens is 2. The number of sulfonamides is 1. The van der Waals surface area contributed by atoms with Gasteiger partial charge >= 0.3 is 6.09 Å². The zero-order chi connectivity index (χ0) is 19.9. The Bertz CT molecular complexity index is 1020. The van der Waals surface area contributed by atoms with Crippen LogP contribution in [0, 0.1) is 0 Å². The number of benzene rings is 2. The van der Waals surface area contributed by atoms with E-state index in [2.05, 4.69) is 31.9 Å². The second-order valence-electron chi connectivity index (χ2n) is 6.79. The quantitative estimate of drug-likeness (QED) is 0.586. The van der Waals surface area contributed by atoms with Crippen molar-refractivity contribution >= 4 is 53.7 Å². The normalized spacial score (nSPS) is 18.6. The number of rotatable bonds is 3. The van der Waals surface area contributed by atoms with Crippen molar-refractivity contribution in [2.75, 3.05) is 18.0 Å². The van der Waals surface area contributed by atoms with Crippen LogP contribution in [0.3, 0.4) is 0 Å². The zero-order valence-corrected chi connectivity index (χ0v) is 18.8. The molecule has 1 saturated heterocycles. The number of anilines is 1. The van der Waals surface area contributed by atoms with Crippen molar-refractivity contribution in [3.05, 3.63) is 57.0 Å². The number of nitrogens with zero attached hydrogens (tertiary/aromatic N) is 2. The van der Waals surface area contributed by atoms with Gasteiger partial charge in [0, 0.05) is 33.6 Å². The lowest BCUT2D eigenvalue weighted by atomic mass is 10.0. The van der Waals surface area contributed by atoms with Crippen LogP contribution in [0.1, 0.15) is 18.4 Å². The van der Waals surface area contributed by atoms with E-state index in [0.29, 0.717) is 25.9 Å². The van der Waals surface area contributed by atoms with E-state index in [1.807, 2.05) is 18.2 Å². The van der Waals surface area contributed by atoms with Crippen LogP contribution in [0.15, 0.2) is 56.3 Å². The molecule has 0 spiro atoms. The van der Waals surface area contributed by atoms with Gasteiger partial charge in [-0.2, -0.15) is 4.31 Å². The van der Waals surface area contributed by atoms with Crippen LogP contribution in [-0.2, 0) is 21.4 Å². The molecular formula is C19H18Br2N2O4S. The van der Waals surface area contributed by atoms with Crippen LogP contribution in [0.2, 0.25) is 0 Å². The summed E-state index contributed by atoms with van der Waals surface area (Å²) in [5, 5.41) is 0. The molecule has 2 aliphatic rings. The maximum atomic E-state index is 12.9. The van der Waals surface area contributed by atoms with E-state index in [4.69, 9.17) is 4.74 Å². The van der Waals surface area contributed by atoms with Gasteiger partial charge in [-0.05, 0) is 49.2 Å². The van der Waals surface area contributed by atoms with E-state index in [0.717, 1.165) is 20.2 Å². The fraction of sp³-hybridized carbons (Fsp3) is 0.316. The molecule has 0 radical (unpaired) electrons. The summed E-state index contributed by atoms with van der Waals surface area (Å²) in [4.78, 5) is 14.4.